The maximum absolute atomic E-state index is 13.2. The number of phenolic OH excluding ortho intramolecular Hbond substituents is 1. The molecule has 0 aliphatic heterocycles. The molecule has 2 N–H and O–H groups in total. The van der Waals surface area contributed by atoms with Crippen molar-refractivity contribution in [3.8, 4) is 16.9 Å². The molecule has 0 unspecified atom stereocenters. The average molecular weight is 461 g/mol. The Morgan fingerprint density at radius 2 is 1.65 bits per heavy atom. The lowest BCUT2D eigenvalue weighted by Gasteiger charge is -2.23. The van der Waals surface area contributed by atoms with Crippen molar-refractivity contribution < 1.29 is 18.4 Å². The minimum absolute atomic E-state index is 0.0333. The van der Waals surface area contributed by atoms with Gasteiger partial charge in [0.05, 0.1) is 15.6 Å². The summed E-state index contributed by atoms with van der Waals surface area (Å²) in [6, 6.07) is 15.8. The van der Waals surface area contributed by atoms with Crippen LogP contribution < -0.4 is 4.72 Å². The molecule has 3 aromatic carbocycles. The summed E-state index contributed by atoms with van der Waals surface area (Å²) in [6.45, 7) is 5.61. The number of anilines is 1. The largest absolute Gasteiger partial charge is 0.506 e. The van der Waals surface area contributed by atoms with Crippen LogP contribution in [0.4, 0.5) is 11.4 Å². The van der Waals surface area contributed by atoms with E-state index in [0.29, 0.717) is 11.1 Å². The van der Waals surface area contributed by atoms with E-state index >= 15 is 0 Å². The van der Waals surface area contributed by atoms with Crippen LogP contribution in [-0.4, -0.2) is 18.4 Å². The number of rotatable bonds is 5. The molecular weight excluding hydrogens is 440 g/mol. The molecule has 0 heterocycles. The third kappa shape index (κ3) is 4.81. The molecule has 0 aromatic heterocycles. The first kappa shape index (κ1) is 22.6. The molecule has 0 spiro atoms. The second-order valence-electron chi connectivity index (χ2n) is 8.01. The van der Waals surface area contributed by atoms with Gasteiger partial charge in [0.15, 0.2) is 0 Å². The number of hydrogen-bond acceptors (Lipinski definition) is 5. The van der Waals surface area contributed by atoms with Crippen LogP contribution in [0.2, 0.25) is 5.02 Å². The van der Waals surface area contributed by atoms with Crippen molar-refractivity contribution in [3.63, 3.8) is 0 Å². The highest BCUT2D eigenvalue weighted by Crippen LogP contribution is 2.40. The quantitative estimate of drug-likeness (QED) is 0.373. The zero-order chi connectivity index (χ0) is 23.0. The number of phenols is 1. The molecule has 3 rings (SSSR count). The Bertz CT molecular complexity index is 1250. The van der Waals surface area contributed by atoms with Gasteiger partial charge in [0.1, 0.15) is 10.6 Å². The fourth-order valence-electron chi connectivity index (χ4n) is 3.08. The Labute approximate surface area is 185 Å². The zero-order valence-electron chi connectivity index (χ0n) is 17.1. The van der Waals surface area contributed by atoms with Crippen molar-refractivity contribution in [1.29, 1.82) is 0 Å². The summed E-state index contributed by atoms with van der Waals surface area (Å²) in [5.41, 5.74) is 1.04. The van der Waals surface area contributed by atoms with E-state index < -0.39 is 20.4 Å². The lowest BCUT2D eigenvalue weighted by molar-refractivity contribution is -0.384. The molecule has 0 aliphatic carbocycles. The predicted octanol–water partition coefficient (Wildman–Crippen LogP) is 5.72. The second kappa shape index (κ2) is 8.20. The van der Waals surface area contributed by atoms with Gasteiger partial charge >= 0.3 is 0 Å². The van der Waals surface area contributed by atoms with Crippen molar-refractivity contribution in [2.45, 2.75) is 31.1 Å². The molecule has 7 nitrogen and oxygen atoms in total. The first-order valence-electron chi connectivity index (χ1n) is 9.30. The number of non-ortho nitro benzene ring substituents is 1. The summed E-state index contributed by atoms with van der Waals surface area (Å²) in [6.07, 6.45) is 0. The summed E-state index contributed by atoms with van der Waals surface area (Å²) in [4.78, 5) is 9.95. The van der Waals surface area contributed by atoms with Gasteiger partial charge in [0, 0.05) is 17.7 Å². The highest BCUT2D eigenvalue weighted by Gasteiger charge is 2.28. The number of hydrogen-bond donors (Lipinski definition) is 2. The van der Waals surface area contributed by atoms with Crippen molar-refractivity contribution in [2.24, 2.45) is 0 Å². The van der Waals surface area contributed by atoms with Gasteiger partial charge in [-0.2, -0.15) is 0 Å². The number of nitrogens with zero attached hydrogens (tertiary/aromatic N) is 1. The standard InChI is InChI=1S/C22H21ClN2O5S/c1-22(2,3)17-11-15(14-7-5-4-6-8-14)12-20(21(17)26)31(29,30)24-19-10-9-16(25(27)28)13-18(19)23/h4-13,24,26H,1-3H3. The van der Waals surface area contributed by atoms with Gasteiger partial charge in [-0.05, 0) is 34.7 Å². The van der Waals surface area contributed by atoms with Gasteiger partial charge in [-0.1, -0.05) is 62.7 Å². The molecule has 0 radical (unpaired) electrons. The Kier molecular flexibility index (Phi) is 5.98. The Balaban J connectivity index is 2.15. The van der Waals surface area contributed by atoms with Crippen LogP contribution >= 0.6 is 11.6 Å². The van der Waals surface area contributed by atoms with Crippen LogP contribution in [0.3, 0.4) is 0 Å². The van der Waals surface area contributed by atoms with Gasteiger partial charge in [-0.25, -0.2) is 8.42 Å². The van der Waals surface area contributed by atoms with E-state index in [1.165, 1.54) is 12.1 Å². The van der Waals surface area contributed by atoms with Crippen molar-refractivity contribution in [2.75, 3.05) is 4.72 Å². The molecule has 0 atom stereocenters. The second-order valence-corrected chi connectivity index (χ2v) is 10.1. The van der Waals surface area contributed by atoms with Gasteiger partial charge in [0.25, 0.3) is 15.7 Å². The Morgan fingerprint density at radius 1 is 1.00 bits per heavy atom. The van der Waals surface area contributed by atoms with Gasteiger partial charge < -0.3 is 5.11 Å². The van der Waals surface area contributed by atoms with E-state index in [1.807, 2.05) is 51.1 Å². The third-order valence-corrected chi connectivity index (χ3v) is 6.38. The first-order valence-corrected chi connectivity index (χ1v) is 11.2. The first-order chi connectivity index (χ1) is 14.4. The molecule has 0 bridgehead atoms. The number of benzene rings is 3. The lowest BCUT2D eigenvalue weighted by atomic mass is 9.84. The number of nitro groups is 1. The van der Waals surface area contributed by atoms with Crippen LogP contribution in [-0.2, 0) is 15.4 Å². The topological polar surface area (TPSA) is 110 Å². The number of nitro benzene ring substituents is 1. The molecule has 0 amide bonds. The van der Waals surface area contributed by atoms with Crippen LogP contribution in [0.1, 0.15) is 26.3 Å². The van der Waals surface area contributed by atoms with Crippen LogP contribution in [0.15, 0.2) is 65.6 Å². The van der Waals surface area contributed by atoms with E-state index in [9.17, 15) is 23.6 Å². The molecule has 0 saturated heterocycles. The molecule has 162 valence electrons. The summed E-state index contributed by atoms with van der Waals surface area (Å²) >= 11 is 6.04. The predicted molar refractivity (Wildman–Crippen MR) is 121 cm³/mol. The fraction of sp³-hybridized carbons (Fsp3) is 0.182. The monoisotopic (exact) mass is 460 g/mol. The SMILES string of the molecule is CC(C)(C)c1cc(-c2ccccc2)cc(S(=O)(=O)Nc2ccc([N+](=O)[O-])cc2Cl)c1O. The Hall–Kier alpha value is -3.10. The summed E-state index contributed by atoms with van der Waals surface area (Å²) in [5.74, 6) is -0.363. The molecule has 0 saturated carbocycles. The van der Waals surface area contributed by atoms with Gasteiger partial charge in [0.2, 0.25) is 0 Å². The molecule has 0 aliphatic rings. The van der Waals surface area contributed by atoms with E-state index in [-0.39, 0.29) is 27.0 Å². The maximum atomic E-state index is 13.2. The smallest absolute Gasteiger partial charge is 0.271 e. The van der Waals surface area contributed by atoms with Crippen LogP contribution in [0.5, 0.6) is 5.75 Å². The van der Waals surface area contributed by atoms with Crippen LogP contribution in [0, 0.1) is 10.1 Å². The van der Waals surface area contributed by atoms with Crippen LogP contribution in [0.25, 0.3) is 11.1 Å². The minimum atomic E-state index is -4.27. The molecule has 0 fully saturated rings. The molecule has 3 aromatic rings. The number of aromatic hydroxyl groups is 1. The molecule has 9 heteroatoms. The van der Waals surface area contributed by atoms with Gasteiger partial charge in [-0.3, -0.25) is 14.8 Å². The van der Waals surface area contributed by atoms with E-state index in [2.05, 4.69) is 4.72 Å². The minimum Gasteiger partial charge on any atom is -0.506 e. The highest BCUT2D eigenvalue weighted by atomic mass is 35.5. The number of nitrogens with one attached hydrogen (secondary N) is 1. The number of sulfonamides is 1. The highest BCUT2D eigenvalue weighted by molar-refractivity contribution is 7.92. The van der Waals surface area contributed by atoms with E-state index in [1.54, 1.807) is 6.07 Å². The maximum Gasteiger partial charge on any atom is 0.271 e. The van der Waals surface area contributed by atoms with E-state index in [4.69, 9.17) is 11.6 Å². The fourth-order valence-corrected chi connectivity index (χ4v) is 4.58. The normalized spacial score (nSPS) is 11.9. The molecule has 31 heavy (non-hydrogen) atoms. The van der Waals surface area contributed by atoms with Crippen molar-refractivity contribution in [1.82, 2.24) is 0 Å². The van der Waals surface area contributed by atoms with Gasteiger partial charge in [-0.15, -0.1) is 0 Å². The molecular formula is C22H21ClN2O5S. The lowest BCUT2D eigenvalue weighted by Crippen LogP contribution is -2.17. The number of halogens is 1. The summed E-state index contributed by atoms with van der Waals surface area (Å²) in [5, 5.41) is 21.6. The summed E-state index contributed by atoms with van der Waals surface area (Å²) in [7, 11) is -4.27. The Morgan fingerprint density at radius 3 is 2.19 bits per heavy atom. The van der Waals surface area contributed by atoms with Crippen molar-refractivity contribution in [3.05, 3.63) is 81.4 Å². The summed E-state index contributed by atoms with van der Waals surface area (Å²) < 4.78 is 28.7. The third-order valence-electron chi connectivity index (χ3n) is 4.69. The average Bonchev–Trinajstić information content (AvgIpc) is 2.69. The zero-order valence-corrected chi connectivity index (χ0v) is 18.7. The van der Waals surface area contributed by atoms with Crippen molar-refractivity contribution >= 4 is 33.0 Å². The van der Waals surface area contributed by atoms with E-state index in [0.717, 1.165) is 17.7 Å².